The zero-order chi connectivity index (χ0) is 13.9. The minimum atomic E-state index is 0.428. The van der Waals surface area contributed by atoms with Gasteiger partial charge in [-0.3, -0.25) is 0 Å². The van der Waals surface area contributed by atoms with Gasteiger partial charge in [0.05, 0.1) is 0 Å². The smallest absolute Gasteiger partial charge is 0.0406 e. The molecule has 2 aliphatic carbocycles. The lowest BCUT2D eigenvalue weighted by molar-refractivity contribution is 0.139. The molecular formula is C18H26ClN. The summed E-state index contributed by atoms with van der Waals surface area (Å²) in [6, 6.07) is 9.41. The molecule has 1 aromatic carbocycles. The molecule has 0 radical (unpaired) electrons. The number of benzene rings is 1. The summed E-state index contributed by atoms with van der Waals surface area (Å²) in [4.78, 5) is 0. The van der Waals surface area contributed by atoms with Gasteiger partial charge in [0.1, 0.15) is 0 Å². The molecule has 0 spiro atoms. The standard InChI is InChI=1S/C18H26ClN/c1-13(14-6-9-17(19)10-7-14)20-18-11-8-15-4-2-3-5-16(15)12-18/h6-7,9-10,13,15-16,18,20H,2-5,8,11-12H2,1H3/t13-,15?,16?,18?/m0/s1. The van der Waals surface area contributed by atoms with Gasteiger partial charge in [0, 0.05) is 17.1 Å². The molecule has 1 nitrogen and oxygen atoms in total. The van der Waals surface area contributed by atoms with Gasteiger partial charge in [-0.2, -0.15) is 0 Å². The first kappa shape index (κ1) is 14.4. The van der Waals surface area contributed by atoms with Crippen molar-refractivity contribution in [2.24, 2.45) is 11.8 Å². The number of hydrogen-bond acceptors (Lipinski definition) is 1. The molecule has 2 saturated carbocycles. The van der Waals surface area contributed by atoms with Gasteiger partial charge in [0.25, 0.3) is 0 Å². The van der Waals surface area contributed by atoms with Crippen LogP contribution in [-0.4, -0.2) is 6.04 Å². The van der Waals surface area contributed by atoms with E-state index < -0.39 is 0 Å². The van der Waals surface area contributed by atoms with Crippen LogP contribution in [0.4, 0.5) is 0 Å². The van der Waals surface area contributed by atoms with E-state index in [0.29, 0.717) is 12.1 Å². The Bertz CT molecular complexity index is 428. The fourth-order valence-corrected chi connectivity index (χ4v) is 4.35. The largest absolute Gasteiger partial charge is 0.307 e. The summed E-state index contributed by atoms with van der Waals surface area (Å²) in [5.41, 5.74) is 1.35. The van der Waals surface area contributed by atoms with Crippen molar-refractivity contribution < 1.29 is 0 Å². The Kier molecular flexibility index (Phi) is 4.68. The highest BCUT2D eigenvalue weighted by atomic mass is 35.5. The summed E-state index contributed by atoms with van der Waals surface area (Å²) in [5, 5.41) is 4.67. The van der Waals surface area contributed by atoms with Crippen LogP contribution in [-0.2, 0) is 0 Å². The molecule has 2 fully saturated rings. The van der Waals surface area contributed by atoms with Crippen LogP contribution in [0.25, 0.3) is 0 Å². The maximum absolute atomic E-state index is 5.96. The van der Waals surface area contributed by atoms with Crippen LogP contribution < -0.4 is 5.32 Å². The molecule has 2 aliphatic rings. The second-order valence-corrected chi connectivity index (χ2v) is 7.19. The quantitative estimate of drug-likeness (QED) is 0.791. The normalized spacial score (nSPS) is 31.6. The van der Waals surface area contributed by atoms with Gasteiger partial charge < -0.3 is 5.32 Å². The average molecular weight is 292 g/mol. The Morgan fingerprint density at radius 3 is 2.45 bits per heavy atom. The van der Waals surface area contributed by atoms with Crippen LogP contribution in [0.5, 0.6) is 0 Å². The topological polar surface area (TPSA) is 12.0 Å². The minimum absolute atomic E-state index is 0.428. The van der Waals surface area contributed by atoms with E-state index in [4.69, 9.17) is 11.6 Å². The lowest BCUT2D eigenvalue weighted by atomic mass is 9.69. The van der Waals surface area contributed by atoms with Crippen LogP contribution in [0.15, 0.2) is 24.3 Å². The predicted molar refractivity (Wildman–Crippen MR) is 86.1 cm³/mol. The van der Waals surface area contributed by atoms with E-state index in [-0.39, 0.29) is 0 Å². The second-order valence-electron chi connectivity index (χ2n) is 6.75. The molecule has 0 bridgehead atoms. The maximum Gasteiger partial charge on any atom is 0.0406 e. The third-order valence-electron chi connectivity index (χ3n) is 5.40. The van der Waals surface area contributed by atoms with Crippen LogP contribution in [0, 0.1) is 11.8 Å². The molecule has 2 heteroatoms. The molecule has 3 rings (SSSR count). The summed E-state index contributed by atoms with van der Waals surface area (Å²) in [7, 11) is 0. The molecule has 0 aromatic heterocycles. The Morgan fingerprint density at radius 2 is 1.70 bits per heavy atom. The first-order chi connectivity index (χ1) is 9.72. The Morgan fingerprint density at radius 1 is 1.00 bits per heavy atom. The molecule has 3 unspecified atom stereocenters. The molecule has 4 atom stereocenters. The highest BCUT2D eigenvalue weighted by Crippen LogP contribution is 2.40. The van der Waals surface area contributed by atoms with Crippen LogP contribution >= 0.6 is 11.6 Å². The van der Waals surface area contributed by atoms with Crippen molar-refractivity contribution in [3.8, 4) is 0 Å². The third-order valence-corrected chi connectivity index (χ3v) is 5.65. The van der Waals surface area contributed by atoms with Crippen molar-refractivity contribution in [3.63, 3.8) is 0 Å². The van der Waals surface area contributed by atoms with E-state index in [2.05, 4.69) is 24.4 Å². The first-order valence-corrected chi connectivity index (χ1v) is 8.61. The first-order valence-electron chi connectivity index (χ1n) is 8.24. The molecule has 110 valence electrons. The highest BCUT2D eigenvalue weighted by Gasteiger charge is 2.32. The Balaban J connectivity index is 1.56. The van der Waals surface area contributed by atoms with Gasteiger partial charge in [-0.05, 0) is 55.7 Å². The van der Waals surface area contributed by atoms with Crippen LogP contribution in [0.2, 0.25) is 5.02 Å². The van der Waals surface area contributed by atoms with Crippen molar-refractivity contribution in [1.82, 2.24) is 5.32 Å². The van der Waals surface area contributed by atoms with Crippen molar-refractivity contribution in [3.05, 3.63) is 34.9 Å². The molecule has 1 aromatic rings. The number of halogens is 1. The summed E-state index contributed by atoms with van der Waals surface area (Å²) in [5.74, 6) is 2.03. The van der Waals surface area contributed by atoms with Gasteiger partial charge in [0.15, 0.2) is 0 Å². The second kappa shape index (κ2) is 6.49. The lowest BCUT2D eigenvalue weighted by Gasteiger charge is -2.40. The van der Waals surface area contributed by atoms with Crippen molar-refractivity contribution in [1.29, 1.82) is 0 Å². The number of nitrogens with one attached hydrogen (secondary N) is 1. The molecule has 20 heavy (non-hydrogen) atoms. The van der Waals surface area contributed by atoms with Gasteiger partial charge in [-0.15, -0.1) is 0 Å². The molecule has 0 aliphatic heterocycles. The van der Waals surface area contributed by atoms with Gasteiger partial charge in [-0.25, -0.2) is 0 Å². The van der Waals surface area contributed by atoms with E-state index in [1.165, 1.54) is 50.5 Å². The zero-order valence-electron chi connectivity index (χ0n) is 12.4. The summed E-state index contributed by atoms with van der Waals surface area (Å²) in [6.45, 7) is 2.27. The molecular weight excluding hydrogens is 266 g/mol. The highest BCUT2D eigenvalue weighted by molar-refractivity contribution is 6.30. The SMILES string of the molecule is C[C@H](NC1CCC2CCCCC2C1)c1ccc(Cl)cc1. The number of rotatable bonds is 3. The predicted octanol–water partition coefficient (Wildman–Crippen LogP) is 5.35. The van der Waals surface area contributed by atoms with E-state index in [0.717, 1.165) is 16.9 Å². The monoisotopic (exact) mass is 291 g/mol. The zero-order valence-corrected chi connectivity index (χ0v) is 13.2. The maximum atomic E-state index is 5.96. The fourth-order valence-electron chi connectivity index (χ4n) is 4.23. The summed E-state index contributed by atoms with van der Waals surface area (Å²) >= 11 is 5.96. The van der Waals surface area contributed by atoms with E-state index in [9.17, 15) is 0 Å². The van der Waals surface area contributed by atoms with E-state index in [1.807, 2.05) is 12.1 Å². The molecule has 0 saturated heterocycles. The van der Waals surface area contributed by atoms with E-state index >= 15 is 0 Å². The summed E-state index contributed by atoms with van der Waals surface area (Å²) in [6.07, 6.45) is 10.1. The van der Waals surface area contributed by atoms with Crippen LogP contribution in [0.3, 0.4) is 0 Å². The number of hydrogen-bond donors (Lipinski definition) is 1. The number of fused-ring (bicyclic) bond motifs is 1. The molecule has 1 N–H and O–H groups in total. The molecule has 0 heterocycles. The van der Waals surface area contributed by atoms with Crippen molar-refractivity contribution >= 4 is 11.6 Å². The Labute approximate surface area is 128 Å². The third kappa shape index (κ3) is 3.38. The summed E-state index contributed by atoms with van der Waals surface area (Å²) < 4.78 is 0. The molecule has 0 amide bonds. The fraction of sp³-hybridized carbons (Fsp3) is 0.667. The van der Waals surface area contributed by atoms with E-state index in [1.54, 1.807) is 0 Å². The minimum Gasteiger partial charge on any atom is -0.307 e. The average Bonchev–Trinajstić information content (AvgIpc) is 2.48. The van der Waals surface area contributed by atoms with Crippen molar-refractivity contribution in [2.75, 3.05) is 0 Å². The van der Waals surface area contributed by atoms with Crippen molar-refractivity contribution in [2.45, 2.75) is 64.0 Å². The van der Waals surface area contributed by atoms with Crippen LogP contribution in [0.1, 0.15) is 63.5 Å². The lowest BCUT2D eigenvalue weighted by Crippen LogP contribution is -2.39. The van der Waals surface area contributed by atoms with Gasteiger partial charge >= 0.3 is 0 Å². The van der Waals surface area contributed by atoms with Gasteiger partial charge in [0.2, 0.25) is 0 Å². The van der Waals surface area contributed by atoms with Gasteiger partial charge in [-0.1, -0.05) is 49.4 Å². The Hall–Kier alpha value is -0.530.